The van der Waals surface area contributed by atoms with Gasteiger partial charge in [-0.25, -0.2) is 4.98 Å². The van der Waals surface area contributed by atoms with Gasteiger partial charge in [-0.3, -0.25) is 4.68 Å². The van der Waals surface area contributed by atoms with Crippen LogP contribution in [0.15, 0.2) is 6.33 Å². The number of aryl methyl sites for hydroxylation is 1. The highest BCUT2D eigenvalue weighted by Gasteiger charge is 2.23. The topological polar surface area (TPSA) is 63.0 Å². The lowest BCUT2D eigenvalue weighted by Gasteiger charge is -2.24. The Kier molecular flexibility index (Phi) is 5.08. The zero-order valence-electron chi connectivity index (χ0n) is 11.3. The third-order valence-corrected chi connectivity index (χ3v) is 2.56. The maximum atomic E-state index is 10.3. The summed E-state index contributed by atoms with van der Waals surface area (Å²) in [4.78, 5) is 4.21. The first kappa shape index (κ1) is 14.1. The second kappa shape index (κ2) is 6.12. The lowest BCUT2D eigenvalue weighted by molar-refractivity contribution is 0.0549. The molecule has 1 atom stereocenters. The van der Waals surface area contributed by atoms with Gasteiger partial charge in [-0.2, -0.15) is 5.10 Å². The zero-order chi connectivity index (χ0) is 12.9. The molecule has 0 amide bonds. The fraction of sp³-hybridized carbons (Fsp3) is 0.833. The van der Waals surface area contributed by atoms with Gasteiger partial charge in [0.05, 0.1) is 5.60 Å². The first-order chi connectivity index (χ1) is 7.94. The lowest BCUT2D eigenvalue weighted by atomic mass is 10.0. The molecule has 0 aromatic carbocycles. The second-order valence-corrected chi connectivity index (χ2v) is 5.11. The second-order valence-electron chi connectivity index (χ2n) is 5.11. The molecule has 2 N–H and O–H groups in total. The van der Waals surface area contributed by atoms with Crippen molar-refractivity contribution >= 4 is 0 Å². The highest BCUT2D eigenvalue weighted by Crippen LogP contribution is 2.10. The number of rotatable bonds is 7. The van der Waals surface area contributed by atoms with Crippen LogP contribution in [0.1, 0.15) is 39.9 Å². The van der Waals surface area contributed by atoms with E-state index in [2.05, 4.69) is 36.2 Å². The highest BCUT2D eigenvalue weighted by molar-refractivity contribution is 4.94. The zero-order valence-corrected chi connectivity index (χ0v) is 11.3. The maximum Gasteiger partial charge on any atom is 0.138 e. The Balaban J connectivity index is 2.58. The Bertz CT molecular complexity index is 333. The van der Waals surface area contributed by atoms with Crippen molar-refractivity contribution in [2.75, 3.05) is 6.54 Å². The smallest absolute Gasteiger partial charge is 0.138 e. The minimum Gasteiger partial charge on any atom is -0.388 e. The van der Waals surface area contributed by atoms with E-state index >= 15 is 0 Å². The average Bonchev–Trinajstić information content (AvgIpc) is 2.63. The van der Waals surface area contributed by atoms with Crippen LogP contribution in [-0.4, -0.2) is 38.1 Å². The molecule has 0 bridgehead atoms. The molecule has 0 saturated heterocycles. The molecule has 1 aromatic heterocycles. The van der Waals surface area contributed by atoms with Gasteiger partial charge in [-0.1, -0.05) is 20.8 Å². The van der Waals surface area contributed by atoms with Crippen LogP contribution in [0.25, 0.3) is 0 Å². The van der Waals surface area contributed by atoms with Gasteiger partial charge in [-0.05, 0) is 13.3 Å². The molecule has 98 valence electrons. The van der Waals surface area contributed by atoms with Crippen LogP contribution >= 0.6 is 0 Å². The van der Waals surface area contributed by atoms with Crippen molar-refractivity contribution in [1.29, 1.82) is 0 Å². The molecule has 1 rings (SSSR count). The summed E-state index contributed by atoms with van der Waals surface area (Å²) in [6.45, 7) is 9.47. The van der Waals surface area contributed by atoms with Crippen LogP contribution in [0.2, 0.25) is 0 Å². The summed E-state index contributed by atoms with van der Waals surface area (Å²) in [6.07, 6.45) is 3.09. The first-order valence-electron chi connectivity index (χ1n) is 6.27. The third-order valence-electron chi connectivity index (χ3n) is 2.56. The molecule has 17 heavy (non-hydrogen) atoms. The largest absolute Gasteiger partial charge is 0.388 e. The van der Waals surface area contributed by atoms with E-state index in [1.54, 1.807) is 6.33 Å². The van der Waals surface area contributed by atoms with Gasteiger partial charge in [0, 0.05) is 25.6 Å². The fourth-order valence-electron chi connectivity index (χ4n) is 1.65. The van der Waals surface area contributed by atoms with Gasteiger partial charge >= 0.3 is 0 Å². The van der Waals surface area contributed by atoms with Crippen LogP contribution in [-0.2, 0) is 13.0 Å². The number of nitrogens with zero attached hydrogens (tertiary/aromatic N) is 3. The summed E-state index contributed by atoms with van der Waals surface area (Å²) in [7, 11) is 0. The number of hydrogen-bond donors (Lipinski definition) is 2. The van der Waals surface area contributed by atoms with Crippen molar-refractivity contribution in [2.45, 2.75) is 58.7 Å². The number of aliphatic hydroxyl groups is 1. The van der Waals surface area contributed by atoms with Crippen LogP contribution < -0.4 is 5.32 Å². The van der Waals surface area contributed by atoms with E-state index in [9.17, 15) is 5.11 Å². The van der Waals surface area contributed by atoms with Crippen LogP contribution in [0.5, 0.6) is 0 Å². The molecule has 1 aromatic rings. The van der Waals surface area contributed by atoms with Crippen molar-refractivity contribution < 1.29 is 5.11 Å². The standard InChI is InChI=1S/C12H24N4O/c1-5-6-16-11(14-9-15-16)7-12(4,17)8-13-10(2)3/h9-10,13,17H,5-8H2,1-4H3. The lowest BCUT2D eigenvalue weighted by Crippen LogP contribution is -2.42. The van der Waals surface area contributed by atoms with Crippen molar-refractivity contribution in [3.05, 3.63) is 12.2 Å². The minimum absolute atomic E-state index is 0.370. The van der Waals surface area contributed by atoms with Gasteiger partial charge < -0.3 is 10.4 Å². The van der Waals surface area contributed by atoms with E-state index in [4.69, 9.17) is 0 Å². The Morgan fingerprint density at radius 1 is 1.53 bits per heavy atom. The van der Waals surface area contributed by atoms with Crippen molar-refractivity contribution in [2.24, 2.45) is 0 Å². The fourth-order valence-corrected chi connectivity index (χ4v) is 1.65. The van der Waals surface area contributed by atoms with Crippen LogP contribution in [0.3, 0.4) is 0 Å². The third kappa shape index (κ3) is 4.83. The number of aromatic nitrogens is 3. The monoisotopic (exact) mass is 240 g/mol. The number of hydrogen-bond acceptors (Lipinski definition) is 4. The quantitative estimate of drug-likeness (QED) is 0.746. The molecule has 0 spiro atoms. The van der Waals surface area contributed by atoms with E-state index < -0.39 is 5.60 Å². The molecule has 1 unspecified atom stereocenters. The van der Waals surface area contributed by atoms with E-state index in [1.807, 2.05) is 11.6 Å². The van der Waals surface area contributed by atoms with E-state index in [-0.39, 0.29) is 0 Å². The Morgan fingerprint density at radius 3 is 2.82 bits per heavy atom. The summed E-state index contributed by atoms with van der Waals surface area (Å²) in [6, 6.07) is 0.370. The van der Waals surface area contributed by atoms with Crippen molar-refractivity contribution in [3.8, 4) is 0 Å². The minimum atomic E-state index is -0.789. The maximum absolute atomic E-state index is 10.3. The first-order valence-corrected chi connectivity index (χ1v) is 6.27. The summed E-state index contributed by atoms with van der Waals surface area (Å²) < 4.78 is 1.86. The molecule has 5 heteroatoms. The molecular formula is C12H24N4O. The van der Waals surface area contributed by atoms with Crippen LogP contribution in [0, 0.1) is 0 Å². The molecule has 0 aliphatic rings. The number of nitrogens with one attached hydrogen (secondary N) is 1. The molecular weight excluding hydrogens is 216 g/mol. The Morgan fingerprint density at radius 2 is 2.24 bits per heavy atom. The van der Waals surface area contributed by atoms with E-state index in [0.717, 1.165) is 18.8 Å². The summed E-state index contributed by atoms with van der Waals surface area (Å²) in [5.41, 5.74) is -0.789. The predicted octanol–water partition coefficient (Wildman–Crippen LogP) is 0.980. The Hall–Kier alpha value is -0.940. The van der Waals surface area contributed by atoms with Gasteiger partial charge in [0.2, 0.25) is 0 Å². The van der Waals surface area contributed by atoms with Crippen LogP contribution in [0.4, 0.5) is 0 Å². The molecule has 5 nitrogen and oxygen atoms in total. The van der Waals surface area contributed by atoms with E-state index in [1.165, 1.54) is 0 Å². The average molecular weight is 240 g/mol. The van der Waals surface area contributed by atoms with Gasteiger partial charge in [0.25, 0.3) is 0 Å². The Labute approximate surface area is 103 Å². The normalized spacial score (nSPS) is 15.2. The molecule has 0 fully saturated rings. The molecule has 0 radical (unpaired) electrons. The molecule has 0 aliphatic carbocycles. The van der Waals surface area contributed by atoms with Gasteiger partial charge in [-0.15, -0.1) is 0 Å². The molecule has 1 heterocycles. The van der Waals surface area contributed by atoms with E-state index in [0.29, 0.717) is 19.0 Å². The predicted molar refractivity (Wildman–Crippen MR) is 67.8 cm³/mol. The van der Waals surface area contributed by atoms with Crippen molar-refractivity contribution in [3.63, 3.8) is 0 Å². The van der Waals surface area contributed by atoms with Crippen molar-refractivity contribution in [1.82, 2.24) is 20.1 Å². The molecule has 0 aliphatic heterocycles. The molecule has 0 saturated carbocycles. The van der Waals surface area contributed by atoms with Gasteiger partial charge in [0.1, 0.15) is 12.2 Å². The van der Waals surface area contributed by atoms with Gasteiger partial charge in [0.15, 0.2) is 0 Å². The summed E-state index contributed by atoms with van der Waals surface area (Å²) in [5.74, 6) is 0.849. The summed E-state index contributed by atoms with van der Waals surface area (Å²) >= 11 is 0. The summed E-state index contributed by atoms with van der Waals surface area (Å²) in [5, 5.41) is 17.7. The highest BCUT2D eigenvalue weighted by atomic mass is 16.3. The SMILES string of the molecule is CCCn1ncnc1CC(C)(O)CNC(C)C.